The summed E-state index contributed by atoms with van der Waals surface area (Å²) in [5, 5.41) is 4.69. The van der Waals surface area contributed by atoms with Crippen molar-refractivity contribution >= 4 is 17.8 Å². The summed E-state index contributed by atoms with van der Waals surface area (Å²) in [6.07, 6.45) is 7.01. The number of aromatic nitrogens is 3. The molecule has 0 aliphatic heterocycles. The van der Waals surface area contributed by atoms with Crippen molar-refractivity contribution in [2.24, 2.45) is 7.05 Å². The normalized spacial score (nSPS) is 11.1. The van der Waals surface area contributed by atoms with E-state index in [2.05, 4.69) is 4.98 Å². The molecule has 1 amide bonds. The van der Waals surface area contributed by atoms with Crippen LogP contribution >= 0.6 is 0 Å². The van der Waals surface area contributed by atoms with Crippen LogP contribution < -0.4 is 4.90 Å². The Balaban J connectivity index is 1.90. The van der Waals surface area contributed by atoms with E-state index in [4.69, 9.17) is 5.10 Å². The van der Waals surface area contributed by atoms with Crippen molar-refractivity contribution in [3.63, 3.8) is 0 Å². The van der Waals surface area contributed by atoms with Crippen LogP contribution in [0.3, 0.4) is 0 Å². The Bertz CT molecular complexity index is 1220. The lowest BCUT2D eigenvalue weighted by Crippen LogP contribution is -2.24. The Morgan fingerprint density at radius 2 is 1.65 bits per heavy atom. The van der Waals surface area contributed by atoms with E-state index in [1.165, 1.54) is 19.1 Å². The summed E-state index contributed by atoms with van der Waals surface area (Å²) in [6.45, 7) is 1.51. The molecular formula is C25H21FN4O. The number of pyridine rings is 1. The first-order chi connectivity index (χ1) is 15.0. The summed E-state index contributed by atoms with van der Waals surface area (Å²) >= 11 is 0. The third-order valence-electron chi connectivity index (χ3n) is 4.89. The lowest BCUT2D eigenvalue weighted by molar-refractivity contribution is -0.116. The minimum absolute atomic E-state index is 0.156. The van der Waals surface area contributed by atoms with Crippen LogP contribution in [0.25, 0.3) is 28.5 Å². The molecule has 31 heavy (non-hydrogen) atoms. The molecule has 2 aromatic carbocycles. The molecule has 0 fully saturated rings. The molecule has 0 unspecified atom stereocenters. The van der Waals surface area contributed by atoms with E-state index in [1.54, 1.807) is 47.4 Å². The third kappa shape index (κ3) is 4.28. The molecule has 4 aromatic rings. The summed E-state index contributed by atoms with van der Waals surface area (Å²) in [5.74, 6) is 0.142. The van der Waals surface area contributed by atoms with E-state index in [0.29, 0.717) is 11.5 Å². The molecule has 0 saturated carbocycles. The molecule has 0 bridgehead atoms. The van der Waals surface area contributed by atoms with Crippen LogP contribution in [-0.4, -0.2) is 20.7 Å². The molecule has 0 saturated heterocycles. The predicted molar refractivity (Wildman–Crippen MR) is 120 cm³/mol. The van der Waals surface area contributed by atoms with Crippen LogP contribution in [0, 0.1) is 5.82 Å². The highest BCUT2D eigenvalue weighted by atomic mass is 19.1. The van der Waals surface area contributed by atoms with Gasteiger partial charge >= 0.3 is 0 Å². The quantitative estimate of drug-likeness (QED) is 0.446. The summed E-state index contributed by atoms with van der Waals surface area (Å²) < 4.78 is 15.2. The maximum absolute atomic E-state index is 13.5. The van der Waals surface area contributed by atoms with Gasteiger partial charge in [0, 0.05) is 38.1 Å². The zero-order valence-electron chi connectivity index (χ0n) is 17.2. The number of amides is 1. The predicted octanol–water partition coefficient (Wildman–Crippen LogP) is 5.31. The molecule has 0 aliphatic carbocycles. The zero-order valence-corrected chi connectivity index (χ0v) is 17.2. The highest BCUT2D eigenvalue weighted by Gasteiger charge is 2.24. The lowest BCUT2D eigenvalue weighted by atomic mass is 10.0. The fraction of sp³-hybridized carbons (Fsp3) is 0.0800. The summed E-state index contributed by atoms with van der Waals surface area (Å²) in [4.78, 5) is 18.3. The van der Waals surface area contributed by atoms with Gasteiger partial charge in [0.05, 0.1) is 5.56 Å². The maximum atomic E-state index is 13.5. The van der Waals surface area contributed by atoms with Crippen molar-refractivity contribution < 1.29 is 9.18 Å². The number of nitrogens with zero attached hydrogens (tertiary/aromatic N) is 4. The molecule has 0 radical (unpaired) electrons. The highest BCUT2D eigenvalue weighted by molar-refractivity contribution is 6.00. The second-order valence-electron chi connectivity index (χ2n) is 7.03. The van der Waals surface area contributed by atoms with Gasteiger partial charge in [0.15, 0.2) is 0 Å². The van der Waals surface area contributed by atoms with Crippen LogP contribution in [0.5, 0.6) is 0 Å². The number of carbonyl (C=O) groups is 1. The highest BCUT2D eigenvalue weighted by Crippen LogP contribution is 2.39. The molecule has 0 spiro atoms. The van der Waals surface area contributed by atoms with Gasteiger partial charge in [0.1, 0.15) is 17.3 Å². The Hall–Kier alpha value is -4.06. The number of carbonyl (C=O) groups excluding carboxylic acids is 1. The van der Waals surface area contributed by atoms with Gasteiger partial charge in [0.2, 0.25) is 5.91 Å². The average molecular weight is 412 g/mol. The Morgan fingerprint density at radius 3 is 2.29 bits per heavy atom. The summed E-state index contributed by atoms with van der Waals surface area (Å²) in [6, 6.07) is 19.7. The largest absolute Gasteiger partial charge is 0.274 e. The average Bonchev–Trinajstić information content (AvgIpc) is 3.12. The third-order valence-corrected chi connectivity index (χ3v) is 4.89. The van der Waals surface area contributed by atoms with Crippen LogP contribution in [0.15, 0.2) is 85.3 Å². The molecule has 4 rings (SSSR count). The first kappa shape index (κ1) is 20.2. The molecule has 154 valence electrons. The number of anilines is 1. The van der Waals surface area contributed by atoms with Crippen molar-refractivity contribution in [1.82, 2.24) is 14.8 Å². The number of aryl methyl sites for hydroxylation is 1. The van der Waals surface area contributed by atoms with Crippen molar-refractivity contribution in [2.45, 2.75) is 6.92 Å². The zero-order chi connectivity index (χ0) is 21.8. The lowest BCUT2D eigenvalue weighted by Gasteiger charge is -2.19. The van der Waals surface area contributed by atoms with Crippen molar-refractivity contribution in [1.29, 1.82) is 0 Å². The number of hydrogen-bond donors (Lipinski definition) is 0. The topological polar surface area (TPSA) is 51.0 Å². The fourth-order valence-electron chi connectivity index (χ4n) is 3.44. The maximum Gasteiger partial charge on any atom is 0.229 e. The van der Waals surface area contributed by atoms with Crippen molar-refractivity contribution in [2.75, 3.05) is 4.90 Å². The molecule has 0 atom stereocenters. The van der Waals surface area contributed by atoms with Crippen LogP contribution in [-0.2, 0) is 11.8 Å². The number of halogens is 1. The van der Waals surface area contributed by atoms with Gasteiger partial charge in [-0.1, -0.05) is 30.3 Å². The van der Waals surface area contributed by atoms with E-state index < -0.39 is 0 Å². The Morgan fingerprint density at radius 1 is 0.968 bits per heavy atom. The molecule has 5 nitrogen and oxygen atoms in total. The minimum Gasteiger partial charge on any atom is -0.274 e. The molecular weight excluding hydrogens is 391 g/mol. The number of hydrogen-bond acceptors (Lipinski definition) is 3. The minimum atomic E-state index is -0.318. The van der Waals surface area contributed by atoms with Gasteiger partial charge in [0.25, 0.3) is 0 Å². The second-order valence-corrected chi connectivity index (χ2v) is 7.03. The molecule has 2 aromatic heterocycles. The fourth-order valence-corrected chi connectivity index (χ4v) is 3.44. The Labute approximate surface area is 180 Å². The van der Waals surface area contributed by atoms with E-state index >= 15 is 0 Å². The molecule has 6 heteroatoms. The summed E-state index contributed by atoms with van der Waals surface area (Å²) in [5.41, 5.74) is 4.01. The van der Waals surface area contributed by atoms with Crippen LogP contribution in [0.2, 0.25) is 0 Å². The number of rotatable bonds is 5. The summed E-state index contributed by atoms with van der Waals surface area (Å²) in [7, 11) is 1.79. The standard InChI is InChI=1S/C25H21FN4O/c1-18(31)30(17-14-19-6-4-3-5-7-19)25-23(20-12-15-27-16-13-20)24(28-29(25)2)21-8-10-22(26)11-9-21/h3-17H,1-2H3. The Kier molecular flexibility index (Phi) is 5.71. The van der Waals surface area contributed by atoms with Gasteiger partial charge in [-0.2, -0.15) is 5.10 Å². The van der Waals surface area contributed by atoms with Crippen molar-refractivity contribution in [3.05, 3.63) is 96.7 Å². The van der Waals surface area contributed by atoms with Crippen molar-refractivity contribution in [3.8, 4) is 22.4 Å². The van der Waals surface area contributed by atoms with Gasteiger partial charge in [-0.15, -0.1) is 0 Å². The first-order valence-corrected chi connectivity index (χ1v) is 9.81. The van der Waals surface area contributed by atoms with Gasteiger partial charge in [-0.25, -0.2) is 4.39 Å². The molecule has 0 aliphatic rings. The van der Waals surface area contributed by atoms with E-state index in [1.807, 2.05) is 48.5 Å². The number of benzene rings is 2. The second kappa shape index (κ2) is 8.75. The van der Waals surface area contributed by atoms with Gasteiger partial charge in [-0.05, 0) is 53.6 Å². The van der Waals surface area contributed by atoms with Gasteiger partial charge < -0.3 is 0 Å². The molecule has 2 heterocycles. The first-order valence-electron chi connectivity index (χ1n) is 9.81. The molecule has 0 N–H and O–H groups in total. The monoisotopic (exact) mass is 412 g/mol. The SMILES string of the molecule is CC(=O)N(C=Cc1ccccc1)c1c(-c2ccncc2)c(-c2ccc(F)cc2)nn1C. The van der Waals surface area contributed by atoms with Gasteiger partial charge in [-0.3, -0.25) is 19.4 Å². The van der Waals surface area contributed by atoms with Crippen LogP contribution in [0.4, 0.5) is 10.2 Å². The van der Waals surface area contributed by atoms with Crippen LogP contribution in [0.1, 0.15) is 12.5 Å². The van der Waals surface area contributed by atoms with E-state index in [-0.39, 0.29) is 11.7 Å². The van der Waals surface area contributed by atoms with E-state index in [9.17, 15) is 9.18 Å². The van der Waals surface area contributed by atoms with E-state index in [0.717, 1.165) is 22.3 Å². The smallest absolute Gasteiger partial charge is 0.229 e.